The minimum atomic E-state index is -0.203. The molecule has 1 aliphatic heterocycles. The topological polar surface area (TPSA) is 37.4 Å². The lowest BCUT2D eigenvalue weighted by Gasteiger charge is -2.19. The number of rotatable bonds is 1. The summed E-state index contributed by atoms with van der Waals surface area (Å²) in [5.74, 6) is -0.246. The first kappa shape index (κ1) is 14.2. The smallest absolute Gasteiger partial charge is 0.238 e. The van der Waals surface area contributed by atoms with Gasteiger partial charge >= 0.3 is 0 Å². The fourth-order valence-electron chi connectivity index (χ4n) is 4.30. The number of hydrogen-bond acceptors (Lipinski definition) is 2. The van der Waals surface area contributed by atoms with Crippen molar-refractivity contribution in [3.8, 4) is 0 Å². The lowest BCUT2D eigenvalue weighted by molar-refractivity contribution is -0.122. The third kappa shape index (κ3) is 1.73. The molecule has 1 aromatic rings. The van der Waals surface area contributed by atoms with E-state index in [1.807, 2.05) is 24.3 Å². The molecule has 0 radical (unpaired) electrons. The summed E-state index contributed by atoms with van der Waals surface area (Å²) >= 11 is 2.20. The van der Waals surface area contributed by atoms with Crippen molar-refractivity contribution >= 4 is 40.1 Å². The van der Waals surface area contributed by atoms with Crippen LogP contribution in [0.5, 0.6) is 0 Å². The summed E-state index contributed by atoms with van der Waals surface area (Å²) in [6.45, 7) is 4.16. The number of carbonyl (C=O) groups is 2. The number of imide groups is 1. The first-order valence-corrected chi connectivity index (χ1v) is 8.57. The van der Waals surface area contributed by atoms with E-state index in [0.29, 0.717) is 5.69 Å². The minimum absolute atomic E-state index is 0.0346. The Balaban J connectivity index is 1.78. The third-order valence-electron chi connectivity index (χ3n) is 5.06. The van der Waals surface area contributed by atoms with Crippen LogP contribution < -0.4 is 4.90 Å². The van der Waals surface area contributed by atoms with Crippen LogP contribution >= 0.6 is 22.6 Å². The predicted molar refractivity (Wildman–Crippen MR) is 93.1 cm³/mol. The van der Waals surface area contributed by atoms with Gasteiger partial charge in [-0.25, -0.2) is 4.90 Å². The van der Waals surface area contributed by atoms with Crippen molar-refractivity contribution in [3.63, 3.8) is 0 Å². The Kier molecular flexibility index (Phi) is 3.08. The van der Waals surface area contributed by atoms with Crippen LogP contribution in [-0.4, -0.2) is 11.8 Å². The van der Waals surface area contributed by atoms with Gasteiger partial charge in [0.2, 0.25) is 11.8 Å². The Labute approximate surface area is 143 Å². The van der Waals surface area contributed by atoms with Gasteiger partial charge in [-0.1, -0.05) is 29.4 Å². The first-order chi connectivity index (χ1) is 10.5. The molecule has 1 saturated heterocycles. The molecule has 0 N–H and O–H groups in total. The Morgan fingerprint density at radius 3 is 2.14 bits per heavy atom. The van der Waals surface area contributed by atoms with Gasteiger partial charge in [-0.3, -0.25) is 9.59 Å². The molecule has 0 aromatic heterocycles. The van der Waals surface area contributed by atoms with Gasteiger partial charge in [-0.05, 0) is 54.6 Å². The first-order valence-electron chi connectivity index (χ1n) is 7.49. The van der Waals surface area contributed by atoms with Gasteiger partial charge in [0.25, 0.3) is 0 Å². The van der Waals surface area contributed by atoms with Gasteiger partial charge in [0, 0.05) is 15.4 Å². The standard InChI is InChI=1S/C18H16INO2/c1-9(2)14-12-6-7-13(14)16-15(12)17(21)20(18(16)22)11-5-3-4-10(19)8-11/h3-8,12-13,15-16H,1-2H3/t12-,13+,15-,16-/m1/s1. The second-order valence-corrected chi connectivity index (χ2v) is 7.68. The normalized spacial score (nSPS) is 32.1. The molecule has 0 spiro atoms. The van der Waals surface area contributed by atoms with E-state index >= 15 is 0 Å². The lowest BCUT2D eigenvalue weighted by atomic mass is 9.85. The van der Waals surface area contributed by atoms with Crippen LogP contribution in [0, 0.1) is 27.2 Å². The highest BCUT2D eigenvalue weighted by Gasteiger charge is 2.61. The molecule has 1 heterocycles. The maximum absolute atomic E-state index is 12.9. The van der Waals surface area contributed by atoms with Gasteiger partial charge in [-0.2, -0.15) is 0 Å². The molecule has 3 aliphatic rings. The summed E-state index contributed by atoms with van der Waals surface area (Å²) in [5.41, 5.74) is 3.24. The maximum atomic E-state index is 12.9. The lowest BCUT2D eigenvalue weighted by Crippen LogP contribution is -2.33. The molecule has 2 amide bonds. The molecule has 0 unspecified atom stereocenters. The highest BCUT2D eigenvalue weighted by molar-refractivity contribution is 14.1. The molecule has 2 fully saturated rings. The van der Waals surface area contributed by atoms with E-state index in [2.05, 4.69) is 48.6 Å². The van der Waals surface area contributed by atoms with Crippen molar-refractivity contribution in [1.82, 2.24) is 0 Å². The molecule has 4 heteroatoms. The van der Waals surface area contributed by atoms with Gasteiger partial charge < -0.3 is 0 Å². The van der Waals surface area contributed by atoms with Crippen molar-refractivity contribution in [2.45, 2.75) is 13.8 Å². The van der Waals surface area contributed by atoms with E-state index in [1.54, 1.807) is 0 Å². The van der Waals surface area contributed by atoms with Crippen molar-refractivity contribution < 1.29 is 9.59 Å². The second-order valence-electron chi connectivity index (χ2n) is 6.44. The average Bonchev–Trinajstić information content (AvgIpc) is 3.09. The fraction of sp³-hybridized carbons (Fsp3) is 0.333. The number of carbonyl (C=O) groups excluding carboxylic acids is 2. The van der Waals surface area contributed by atoms with Crippen LogP contribution in [0.4, 0.5) is 5.69 Å². The molecule has 1 saturated carbocycles. The molecule has 4 rings (SSSR count). The third-order valence-corrected chi connectivity index (χ3v) is 5.73. The van der Waals surface area contributed by atoms with Gasteiger partial charge in [-0.15, -0.1) is 0 Å². The van der Waals surface area contributed by atoms with E-state index in [4.69, 9.17) is 0 Å². The van der Waals surface area contributed by atoms with Crippen LogP contribution in [0.1, 0.15) is 13.8 Å². The summed E-state index contributed by atoms with van der Waals surface area (Å²) in [7, 11) is 0. The Morgan fingerprint density at radius 2 is 1.64 bits per heavy atom. The van der Waals surface area contributed by atoms with Crippen LogP contribution in [0.25, 0.3) is 0 Å². The van der Waals surface area contributed by atoms with Gasteiger partial charge in [0.05, 0.1) is 17.5 Å². The van der Waals surface area contributed by atoms with Gasteiger partial charge in [0.1, 0.15) is 0 Å². The largest absolute Gasteiger partial charge is 0.274 e. The molecule has 2 bridgehead atoms. The summed E-state index contributed by atoms with van der Waals surface area (Å²) in [6, 6.07) is 7.59. The van der Waals surface area contributed by atoms with E-state index in [0.717, 1.165) is 3.57 Å². The van der Waals surface area contributed by atoms with E-state index in [9.17, 15) is 9.59 Å². The fourth-order valence-corrected chi connectivity index (χ4v) is 4.83. The van der Waals surface area contributed by atoms with Gasteiger partial charge in [0.15, 0.2) is 0 Å². The zero-order valence-electron chi connectivity index (χ0n) is 12.4. The summed E-state index contributed by atoms with van der Waals surface area (Å²) in [4.78, 5) is 27.2. The number of hydrogen-bond donors (Lipinski definition) is 0. The number of allylic oxidation sites excluding steroid dienone is 4. The minimum Gasteiger partial charge on any atom is -0.274 e. The predicted octanol–water partition coefficient (Wildman–Crippen LogP) is 3.55. The summed E-state index contributed by atoms with van der Waals surface area (Å²) in [6.07, 6.45) is 4.25. The molecule has 3 nitrogen and oxygen atoms in total. The molecular formula is C18H16INO2. The van der Waals surface area contributed by atoms with E-state index in [1.165, 1.54) is 16.0 Å². The number of halogens is 1. The highest BCUT2D eigenvalue weighted by atomic mass is 127. The number of amides is 2. The molecular weight excluding hydrogens is 389 g/mol. The van der Waals surface area contributed by atoms with E-state index in [-0.39, 0.29) is 35.5 Å². The van der Waals surface area contributed by atoms with Crippen LogP contribution in [0.15, 0.2) is 47.6 Å². The number of benzene rings is 1. The zero-order valence-corrected chi connectivity index (χ0v) is 14.6. The van der Waals surface area contributed by atoms with Crippen molar-refractivity contribution in [3.05, 3.63) is 51.1 Å². The number of anilines is 1. The van der Waals surface area contributed by atoms with Crippen molar-refractivity contribution in [1.29, 1.82) is 0 Å². The van der Waals surface area contributed by atoms with Crippen molar-refractivity contribution in [2.24, 2.45) is 23.7 Å². The number of fused-ring (bicyclic) bond motifs is 5. The number of nitrogens with zero attached hydrogens (tertiary/aromatic N) is 1. The highest BCUT2D eigenvalue weighted by Crippen LogP contribution is 2.57. The van der Waals surface area contributed by atoms with Crippen LogP contribution in [0.2, 0.25) is 0 Å². The molecule has 1 aromatic carbocycles. The second kappa shape index (κ2) is 4.78. The zero-order chi connectivity index (χ0) is 15.6. The molecule has 2 aliphatic carbocycles. The molecule has 4 atom stereocenters. The SMILES string of the molecule is CC(C)=C1[C@H]2C=C[C@@H]1[C@H]1C(=O)N(c3cccc(I)c3)C(=O)[C@@H]12. The van der Waals surface area contributed by atoms with Crippen LogP contribution in [-0.2, 0) is 9.59 Å². The average molecular weight is 405 g/mol. The maximum Gasteiger partial charge on any atom is 0.238 e. The van der Waals surface area contributed by atoms with E-state index < -0.39 is 0 Å². The summed E-state index contributed by atoms with van der Waals surface area (Å²) in [5, 5.41) is 0. The molecule has 112 valence electrons. The Morgan fingerprint density at radius 1 is 1.05 bits per heavy atom. The Bertz CT molecular complexity index is 726. The summed E-state index contributed by atoms with van der Waals surface area (Å²) < 4.78 is 1.03. The Hall–Kier alpha value is -1.43. The van der Waals surface area contributed by atoms with Crippen molar-refractivity contribution in [2.75, 3.05) is 4.90 Å². The van der Waals surface area contributed by atoms with Crippen LogP contribution in [0.3, 0.4) is 0 Å². The quantitative estimate of drug-likeness (QED) is 0.407. The monoisotopic (exact) mass is 405 g/mol. The molecule has 22 heavy (non-hydrogen) atoms.